The second-order valence-corrected chi connectivity index (χ2v) is 5.58. The second-order valence-electron chi connectivity index (χ2n) is 4.26. The Labute approximate surface area is 106 Å². The summed E-state index contributed by atoms with van der Waals surface area (Å²) in [5.41, 5.74) is 0. The van der Waals surface area contributed by atoms with Crippen LogP contribution in [0, 0.1) is 6.92 Å². The summed E-state index contributed by atoms with van der Waals surface area (Å²) in [6.07, 6.45) is 5.80. The van der Waals surface area contributed by atoms with Crippen molar-refractivity contribution < 1.29 is 0 Å². The van der Waals surface area contributed by atoms with Gasteiger partial charge in [0.25, 0.3) is 0 Å². The Hall–Kier alpha value is -1.13. The molecule has 0 fully saturated rings. The van der Waals surface area contributed by atoms with Crippen LogP contribution in [0.2, 0.25) is 0 Å². The van der Waals surface area contributed by atoms with E-state index in [1.165, 1.54) is 9.75 Å². The predicted molar refractivity (Wildman–Crippen MR) is 72.4 cm³/mol. The van der Waals surface area contributed by atoms with Crippen molar-refractivity contribution >= 4 is 11.3 Å². The minimum Gasteiger partial charge on any atom is -0.349 e. The van der Waals surface area contributed by atoms with E-state index in [0.29, 0.717) is 6.04 Å². The quantitative estimate of drug-likeness (QED) is 0.772. The molecule has 0 saturated carbocycles. The largest absolute Gasteiger partial charge is 0.349 e. The number of aromatic nitrogens is 2. The van der Waals surface area contributed by atoms with E-state index >= 15 is 0 Å². The maximum absolute atomic E-state index is 4.21. The van der Waals surface area contributed by atoms with Crippen LogP contribution in [-0.4, -0.2) is 16.5 Å². The number of rotatable bonds is 6. The zero-order valence-corrected chi connectivity index (χ0v) is 11.2. The van der Waals surface area contributed by atoms with Gasteiger partial charge in [-0.3, -0.25) is 0 Å². The molecule has 0 aliphatic rings. The molecule has 0 radical (unpaired) electrons. The monoisotopic (exact) mass is 249 g/mol. The SMILES string of the molecule is Cc1ccc(C(C)NCCCc2ncc[nH]2)s1. The van der Waals surface area contributed by atoms with E-state index in [0.717, 1.165) is 25.2 Å². The second kappa shape index (κ2) is 5.98. The number of aryl methyl sites for hydroxylation is 2. The molecule has 0 aliphatic heterocycles. The van der Waals surface area contributed by atoms with Gasteiger partial charge < -0.3 is 10.3 Å². The normalized spacial score (nSPS) is 12.8. The van der Waals surface area contributed by atoms with E-state index in [1.54, 1.807) is 6.20 Å². The van der Waals surface area contributed by atoms with Crippen LogP contribution >= 0.6 is 11.3 Å². The molecule has 0 aromatic carbocycles. The molecule has 2 heterocycles. The smallest absolute Gasteiger partial charge is 0.106 e. The fourth-order valence-electron chi connectivity index (χ4n) is 1.80. The Morgan fingerprint density at radius 3 is 3.00 bits per heavy atom. The predicted octanol–water partition coefficient (Wildman–Crippen LogP) is 3.06. The summed E-state index contributed by atoms with van der Waals surface area (Å²) in [5.74, 6) is 1.08. The van der Waals surface area contributed by atoms with E-state index in [-0.39, 0.29) is 0 Å². The first-order chi connectivity index (χ1) is 8.25. The molecule has 2 rings (SSSR count). The minimum absolute atomic E-state index is 0.449. The molecule has 4 heteroatoms. The number of thiophene rings is 1. The van der Waals surface area contributed by atoms with Crippen molar-refractivity contribution in [3.05, 3.63) is 40.1 Å². The first-order valence-electron chi connectivity index (χ1n) is 6.03. The zero-order valence-electron chi connectivity index (χ0n) is 10.4. The van der Waals surface area contributed by atoms with Crippen molar-refractivity contribution in [2.24, 2.45) is 0 Å². The molecule has 92 valence electrons. The van der Waals surface area contributed by atoms with Crippen LogP contribution in [0.25, 0.3) is 0 Å². The van der Waals surface area contributed by atoms with E-state index in [4.69, 9.17) is 0 Å². The molecule has 17 heavy (non-hydrogen) atoms. The summed E-state index contributed by atoms with van der Waals surface area (Å²) in [6.45, 7) is 5.40. The number of nitrogens with one attached hydrogen (secondary N) is 2. The third-order valence-corrected chi connectivity index (χ3v) is 3.97. The summed E-state index contributed by atoms with van der Waals surface area (Å²) in [7, 11) is 0. The average Bonchev–Trinajstić information content (AvgIpc) is 2.95. The van der Waals surface area contributed by atoms with Gasteiger partial charge in [0, 0.05) is 34.6 Å². The van der Waals surface area contributed by atoms with Gasteiger partial charge >= 0.3 is 0 Å². The number of H-pyrrole nitrogens is 1. The maximum atomic E-state index is 4.21. The van der Waals surface area contributed by atoms with Crippen LogP contribution in [0.3, 0.4) is 0 Å². The van der Waals surface area contributed by atoms with Gasteiger partial charge in [0.05, 0.1) is 0 Å². The third kappa shape index (κ3) is 3.68. The number of hydrogen-bond acceptors (Lipinski definition) is 3. The maximum Gasteiger partial charge on any atom is 0.106 e. The highest BCUT2D eigenvalue weighted by Crippen LogP contribution is 2.22. The van der Waals surface area contributed by atoms with Crippen molar-refractivity contribution in [1.82, 2.24) is 15.3 Å². The van der Waals surface area contributed by atoms with Gasteiger partial charge in [0.1, 0.15) is 5.82 Å². The van der Waals surface area contributed by atoms with Crippen molar-refractivity contribution in [3.63, 3.8) is 0 Å². The fourth-order valence-corrected chi connectivity index (χ4v) is 2.70. The van der Waals surface area contributed by atoms with Gasteiger partial charge in [0.2, 0.25) is 0 Å². The molecule has 1 atom stereocenters. The van der Waals surface area contributed by atoms with E-state index in [2.05, 4.69) is 41.3 Å². The average molecular weight is 249 g/mol. The third-order valence-electron chi connectivity index (χ3n) is 2.78. The molecule has 0 spiro atoms. The summed E-state index contributed by atoms with van der Waals surface area (Å²) < 4.78 is 0. The lowest BCUT2D eigenvalue weighted by atomic mass is 10.2. The van der Waals surface area contributed by atoms with Crippen molar-refractivity contribution in [3.8, 4) is 0 Å². The van der Waals surface area contributed by atoms with Gasteiger partial charge in [-0.1, -0.05) is 0 Å². The van der Waals surface area contributed by atoms with Gasteiger partial charge in [-0.2, -0.15) is 0 Å². The molecular weight excluding hydrogens is 230 g/mol. The molecule has 3 nitrogen and oxygen atoms in total. The summed E-state index contributed by atoms with van der Waals surface area (Å²) in [5, 5.41) is 3.54. The Morgan fingerprint density at radius 2 is 2.35 bits per heavy atom. The first-order valence-corrected chi connectivity index (χ1v) is 6.85. The Morgan fingerprint density at radius 1 is 1.47 bits per heavy atom. The van der Waals surface area contributed by atoms with Crippen LogP contribution < -0.4 is 5.32 Å². The highest BCUT2D eigenvalue weighted by Gasteiger charge is 2.06. The molecule has 2 N–H and O–H groups in total. The van der Waals surface area contributed by atoms with Gasteiger partial charge in [-0.25, -0.2) is 4.98 Å². The fraction of sp³-hybridized carbons (Fsp3) is 0.462. The number of hydrogen-bond donors (Lipinski definition) is 2. The topological polar surface area (TPSA) is 40.7 Å². The molecule has 0 saturated heterocycles. The van der Waals surface area contributed by atoms with E-state index < -0.39 is 0 Å². The minimum atomic E-state index is 0.449. The summed E-state index contributed by atoms with van der Waals surface area (Å²) >= 11 is 1.87. The zero-order chi connectivity index (χ0) is 12.1. The van der Waals surface area contributed by atoms with Crippen LogP contribution in [-0.2, 0) is 6.42 Å². The Bertz CT molecular complexity index is 433. The molecule has 0 aliphatic carbocycles. The Balaban J connectivity index is 1.68. The lowest BCUT2D eigenvalue weighted by Gasteiger charge is -2.11. The molecule has 0 amide bonds. The molecule has 1 unspecified atom stereocenters. The standard InChI is InChI=1S/C13H19N3S/c1-10-5-6-12(17-10)11(2)14-7-3-4-13-15-8-9-16-13/h5-6,8-9,11,14H,3-4,7H2,1-2H3,(H,15,16). The molecular formula is C13H19N3S. The van der Waals surface area contributed by atoms with Crippen molar-refractivity contribution in [1.29, 1.82) is 0 Å². The molecule has 2 aromatic rings. The molecule has 0 bridgehead atoms. The first kappa shape index (κ1) is 12.3. The number of nitrogens with zero attached hydrogens (tertiary/aromatic N) is 1. The van der Waals surface area contributed by atoms with Crippen LogP contribution in [0.5, 0.6) is 0 Å². The lowest BCUT2D eigenvalue weighted by Crippen LogP contribution is -2.19. The Kier molecular flexibility index (Phi) is 4.34. The van der Waals surface area contributed by atoms with Gasteiger partial charge in [0.15, 0.2) is 0 Å². The van der Waals surface area contributed by atoms with Crippen molar-refractivity contribution in [2.75, 3.05) is 6.54 Å². The van der Waals surface area contributed by atoms with E-state index in [9.17, 15) is 0 Å². The summed E-state index contributed by atoms with van der Waals surface area (Å²) in [6, 6.07) is 4.84. The van der Waals surface area contributed by atoms with Crippen LogP contribution in [0.4, 0.5) is 0 Å². The number of aromatic amines is 1. The highest BCUT2D eigenvalue weighted by atomic mass is 32.1. The lowest BCUT2D eigenvalue weighted by molar-refractivity contribution is 0.561. The molecule has 2 aromatic heterocycles. The summed E-state index contributed by atoms with van der Waals surface area (Å²) in [4.78, 5) is 10.1. The van der Waals surface area contributed by atoms with Crippen LogP contribution in [0.15, 0.2) is 24.5 Å². The van der Waals surface area contributed by atoms with Crippen molar-refractivity contribution in [2.45, 2.75) is 32.7 Å². The van der Waals surface area contributed by atoms with E-state index in [1.807, 2.05) is 17.5 Å². The van der Waals surface area contributed by atoms with Gasteiger partial charge in [-0.15, -0.1) is 11.3 Å². The van der Waals surface area contributed by atoms with Crippen LogP contribution in [0.1, 0.15) is 35.0 Å². The number of imidazole rings is 1. The highest BCUT2D eigenvalue weighted by molar-refractivity contribution is 7.12. The van der Waals surface area contributed by atoms with Gasteiger partial charge in [-0.05, 0) is 38.9 Å².